The van der Waals surface area contributed by atoms with Gasteiger partial charge in [-0.2, -0.15) is 0 Å². The minimum absolute atomic E-state index is 0.00722. The first-order chi connectivity index (χ1) is 6.81. The molecule has 0 heterocycles. The van der Waals surface area contributed by atoms with E-state index < -0.39 is 26.5 Å². The number of hydrogen-bond donors (Lipinski definition) is 5. The molecule has 0 rings (SSSR count). The van der Waals surface area contributed by atoms with Crippen LogP contribution in [0.5, 0.6) is 0 Å². The first-order valence-electron chi connectivity index (χ1n) is 4.12. The molecule has 0 fully saturated rings. The second-order valence-electron chi connectivity index (χ2n) is 2.79. The molecular weight excluding hydrogens is 229 g/mol. The number of nitrogens with one attached hydrogen (secondary N) is 1. The van der Waals surface area contributed by atoms with Gasteiger partial charge in [0.25, 0.3) is 0 Å². The highest BCUT2D eigenvalue weighted by Crippen LogP contribution is 2.35. The maximum Gasteiger partial charge on any atom is 0.469 e. The van der Waals surface area contributed by atoms with Crippen LogP contribution in [-0.4, -0.2) is 51.8 Å². The second kappa shape index (κ2) is 6.89. The van der Waals surface area contributed by atoms with E-state index >= 15 is 0 Å². The third-order valence-electron chi connectivity index (χ3n) is 1.33. The van der Waals surface area contributed by atoms with Gasteiger partial charge < -0.3 is 25.3 Å². The van der Waals surface area contributed by atoms with Crippen molar-refractivity contribution >= 4 is 13.8 Å². The zero-order valence-corrected chi connectivity index (χ0v) is 8.76. The monoisotopic (exact) mass is 243 g/mol. The summed E-state index contributed by atoms with van der Waals surface area (Å²) in [6, 6.07) is 0. The highest BCUT2D eigenvalue weighted by Gasteiger charge is 2.16. The quantitative estimate of drug-likeness (QED) is 0.257. The molecule has 1 unspecified atom stereocenters. The molecule has 0 radical (unpaired) electrons. The molecule has 0 aromatic carbocycles. The SMILES string of the molecule is O=C(O)CCNCC(O)COP(=O)(O)O. The average Bonchev–Trinajstić information content (AvgIpc) is 2.07. The first kappa shape index (κ1) is 14.5. The van der Waals surface area contributed by atoms with E-state index in [-0.39, 0.29) is 19.5 Å². The van der Waals surface area contributed by atoms with Crippen LogP contribution in [0.3, 0.4) is 0 Å². The molecule has 0 aromatic heterocycles. The summed E-state index contributed by atoms with van der Waals surface area (Å²) in [5, 5.41) is 19.9. The van der Waals surface area contributed by atoms with Gasteiger partial charge in [0.1, 0.15) is 0 Å². The van der Waals surface area contributed by atoms with E-state index in [9.17, 15) is 9.36 Å². The molecule has 90 valence electrons. The van der Waals surface area contributed by atoms with Crippen molar-refractivity contribution < 1.29 is 33.9 Å². The third kappa shape index (κ3) is 11.4. The molecule has 15 heavy (non-hydrogen) atoms. The lowest BCUT2D eigenvalue weighted by Gasteiger charge is -2.11. The van der Waals surface area contributed by atoms with Crippen molar-refractivity contribution in [1.82, 2.24) is 5.32 Å². The molecule has 8 nitrogen and oxygen atoms in total. The number of carboxylic acids is 1. The molecule has 0 saturated carbocycles. The van der Waals surface area contributed by atoms with Gasteiger partial charge in [0.05, 0.1) is 19.1 Å². The first-order valence-corrected chi connectivity index (χ1v) is 5.65. The maximum atomic E-state index is 10.2. The van der Waals surface area contributed by atoms with Gasteiger partial charge in [-0.15, -0.1) is 0 Å². The maximum absolute atomic E-state index is 10.2. The van der Waals surface area contributed by atoms with E-state index in [2.05, 4.69) is 9.84 Å². The minimum Gasteiger partial charge on any atom is -0.481 e. The number of rotatable bonds is 8. The Morgan fingerprint density at radius 2 is 2.07 bits per heavy atom. The molecule has 0 saturated heterocycles. The molecular formula is C6H14NO7P. The molecule has 0 aliphatic carbocycles. The molecule has 0 aliphatic rings. The number of aliphatic hydroxyl groups excluding tert-OH is 1. The van der Waals surface area contributed by atoms with Crippen molar-refractivity contribution in [3.8, 4) is 0 Å². The molecule has 0 aromatic rings. The van der Waals surface area contributed by atoms with Crippen LogP contribution in [0, 0.1) is 0 Å². The van der Waals surface area contributed by atoms with E-state index in [1.807, 2.05) is 0 Å². The van der Waals surface area contributed by atoms with Crippen LogP contribution in [0.15, 0.2) is 0 Å². The van der Waals surface area contributed by atoms with Gasteiger partial charge in [-0.3, -0.25) is 9.32 Å². The standard InChI is InChI=1S/C6H14NO7P/c8-5(4-14-15(11,12)13)3-7-2-1-6(9)10/h5,7-8H,1-4H2,(H,9,10)(H2,11,12,13). The smallest absolute Gasteiger partial charge is 0.469 e. The summed E-state index contributed by atoms with van der Waals surface area (Å²) < 4.78 is 14.2. The predicted octanol–water partition coefficient (Wildman–Crippen LogP) is -1.48. The van der Waals surface area contributed by atoms with E-state index in [0.29, 0.717) is 0 Å². The van der Waals surface area contributed by atoms with Crippen LogP contribution in [0.1, 0.15) is 6.42 Å². The lowest BCUT2D eigenvalue weighted by atomic mass is 10.3. The number of aliphatic hydroxyl groups is 1. The minimum atomic E-state index is -4.56. The van der Waals surface area contributed by atoms with Crippen molar-refractivity contribution in [2.45, 2.75) is 12.5 Å². The fourth-order valence-corrected chi connectivity index (χ4v) is 1.07. The molecule has 9 heteroatoms. The highest BCUT2D eigenvalue weighted by atomic mass is 31.2. The van der Waals surface area contributed by atoms with Crippen LogP contribution in [0.4, 0.5) is 0 Å². The van der Waals surface area contributed by atoms with E-state index in [4.69, 9.17) is 20.0 Å². The van der Waals surface area contributed by atoms with Gasteiger partial charge in [0.15, 0.2) is 0 Å². The van der Waals surface area contributed by atoms with Crippen molar-refractivity contribution in [3.05, 3.63) is 0 Å². The predicted molar refractivity (Wildman–Crippen MR) is 49.1 cm³/mol. The summed E-state index contributed by atoms with van der Waals surface area (Å²) in [6.07, 6.45) is -1.18. The Bertz CT molecular complexity index is 240. The van der Waals surface area contributed by atoms with Crippen molar-refractivity contribution in [2.24, 2.45) is 0 Å². The number of carboxylic acid groups (broad SMARTS) is 1. The second-order valence-corrected chi connectivity index (χ2v) is 4.03. The zero-order valence-electron chi connectivity index (χ0n) is 7.87. The number of aliphatic carboxylic acids is 1. The van der Waals surface area contributed by atoms with E-state index in [0.717, 1.165) is 0 Å². The molecule has 0 spiro atoms. The molecule has 1 atom stereocenters. The normalized spacial score (nSPS) is 13.8. The van der Waals surface area contributed by atoms with E-state index in [1.165, 1.54) is 0 Å². The Kier molecular flexibility index (Phi) is 6.66. The number of phosphoric ester groups is 1. The average molecular weight is 243 g/mol. The third-order valence-corrected chi connectivity index (χ3v) is 1.82. The molecule has 0 bridgehead atoms. The number of carbonyl (C=O) groups is 1. The topological polar surface area (TPSA) is 136 Å². The summed E-state index contributed by atoms with van der Waals surface area (Å²) in [7, 11) is -4.56. The van der Waals surface area contributed by atoms with Crippen LogP contribution in [-0.2, 0) is 13.9 Å². The van der Waals surface area contributed by atoms with E-state index in [1.54, 1.807) is 0 Å². The number of hydrogen-bond acceptors (Lipinski definition) is 5. The van der Waals surface area contributed by atoms with Crippen LogP contribution >= 0.6 is 7.82 Å². The van der Waals surface area contributed by atoms with Gasteiger partial charge >= 0.3 is 13.8 Å². The van der Waals surface area contributed by atoms with Gasteiger partial charge in [-0.1, -0.05) is 0 Å². The van der Waals surface area contributed by atoms with Crippen molar-refractivity contribution in [1.29, 1.82) is 0 Å². The molecule has 5 N–H and O–H groups in total. The van der Waals surface area contributed by atoms with Gasteiger partial charge in [-0.05, 0) is 0 Å². The van der Waals surface area contributed by atoms with Gasteiger partial charge in [0.2, 0.25) is 0 Å². The number of phosphoric acid groups is 1. The van der Waals surface area contributed by atoms with Crippen LogP contribution in [0.25, 0.3) is 0 Å². The Hall–Kier alpha value is -0.500. The Morgan fingerprint density at radius 3 is 2.53 bits per heavy atom. The fourth-order valence-electron chi connectivity index (χ4n) is 0.706. The summed E-state index contributed by atoms with van der Waals surface area (Å²) >= 11 is 0. The van der Waals surface area contributed by atoms with Crippen molar-refractivity contribution in [3.63, 3.8) is 0 Å². The molecule has 0 aliphatic heterocycles. The van der Waals surface area contributed by atoms with Gasteiger partial charge in [0, 0.05) is 13.1 Å². The fraction of sp³-hybridized carbons (Fsp3) is 0.833. The van der Waals surface area contributed by atoms with Crippen molar-refractivity contribution in [2.75, 3.05) is 19.7 Å². The Labute approximate surface area is 86.1 Å². The summed E-state index contributed by atoms with van der Waals surface area (Å²) in [4.78, 5) is 26.7. The Morgan fingerprint density at radius 1 is 1.47 bits per heavy atom. The van der Waals surface area contributed by atoms with Gasteiger partial charge in [-0.25, -0.2) is 4.57 Å². The lowest BCUT2D eigenvalue weighted by Crippen LogP contribution is -2.31. The van der Waals surface area contributed by atoms with Crippen LogP contribution < -0.4 is 5.32 Å². The summed E-state index contributed by atoms with van der Waals surface area (Å²) in [5.74, 6) is -0.969. The summed E-state index contributed by atoms with van der Waals surface area (Å²) in [6.45, 7) is -0.333. The highest BCUT2D eigenvalue weighted by molar-refractivity contribution is 7.46. The molecule has 0 amide bonds. The lowest BCUT2D eigenvalue weighted by molar-refractivity contribution is -0.136. The Balaban J connectivity index is 3.45. The van der Waals surface area contributed by atoms with Crippen LogP contribution in [0.2, 0.25) is 0 Å². The summed E-state index contributed by atoms with van der Waals surface area (Å²) in [5.41, 5.74) is 0. The zero-order chi connectivity index (χ0) is 11.9. The largest absolute Gasteiger partial charge is 0.481 e.